The predicted octanol–water partition coefficient (Wildman–Crippen LogP) is 4.57. The van der Waals surface area contributed by atoms with E-state index in [0.29, 0.717) is 29.2 Å². The molecule has 2 aromatic carbocycles. The smallest absolute Gasteiger partial charge is 0.341 e. The zero-order valence-electron chi connectivity index (χ0n) is 22.8. The third-order valence-electron chi connectivity index (χ3n) is 6.92. The molecule has 0 radical (unpaired) electrons. The van der Waals surface area contributed by atoms with Gasteiger partial charge in [0.25, 0.3) is 4.08 Å². The van der Waals surface area contributed by atoms with Crippen molar-refractivity contribution in [3.63, 3.8) is 0 Å². The standard InChI is InChI=1S/C28H27N3O7S4/c1-18-30-22(17-40-18)16-38-24-8-9-25-21(13-24)12-23(14-28(27(32)33,41(2,34)35)42(3,36)37)31(25)15-19-4-6-20(7-5-19)26-29-10-11-39-26/h4-13,17H,14-16H2,1-3H3,(H,32,33). The molecular formula is C28H27N3O7S4. The number of hydrogen-bond acceptors (Lipinski definition) is 10. The summed E-state index contributed by atoms with van der Waals surface area (Å²) in [6.07, 6.45) is 2.22. The number of sulfone groups is 2. The molecule has 1 N–H and O–H groups in total. The van der Waals surface area contributed by atoms with Crippen LogP contribution in [-0.4, -0.2) is 59.0 Å². The summed E-state index contributed by atoms with van der Waals surface area (Å²) in [5.74, 6) is -1.42. The van der Waals surface area contributed by atoms with Crippen LogP contribution < -0.4 is 4.74 Å². The monoisotopic (exact) mass is 645 g/mol. The minimum atomic E-state index is -4.62. The lowest BCUT2D eigenvalue weighted by Gasteiger charge is -2.26. The van der Waals surface area contributed by atoms with Crippen molar-refractivity contribution in [2.75, 3.05) is 12.5 Å². The van der Waals surface area contributed by atoms with Gasteiger partial charge in [0.1, 0.15) is 17.4 Å². The lowest BCUT2D eigenvalue weighted by Crippen LogP contribution is -2.54. The number of carboxylic acid groups (broad SMARTS) is 1. The minimum Gasteiger partial charge on any atom is -0.487 e. The third-order valence-corrected chi connectivity index (χ3v) is 13.4. The molecule has 5 rings (SSSR count). The van der Waals surface area contributed by atoms with Crippen molar-refractivity contribution in [2.24, 2.45) is 0 Å². The molecule has 0 fully saturated rings. The minimum absolute atomic E-state index is 0.235. The van der Waals surface area contributed by atoms with Crippen LogP contribution in [0.3, 0.4) is 0 Å². The Bertz CT molecular complexity index is 1940. The molecule has 10 nitrogen and oxygen atoms in total. The molecule has 0 atom stereocenters. The normalized spacial score (nSPS) is 12.5. The van der Waals surface area contributed by atoms with E-state index in [1.54, 1.807) is 35.0 Å². The van der Waals surface area contributed by atoms with E-state index in [4.69, 9.17) is 4.74 Å². The molecule has 0 aliphatic rings. The second-order valence-electron chi connectivity index (χ2n) is 9.90. The molecule has 0 aliphatic heterocycles. The maximum Gasteiger partial charge on any atom is 0.341 e. The maximum absolute atomic E-state index is 12.9. The molecule has 0 unspecified atom stereocenters. The van der Waals surface area contributed by atoms with E-state index in [0.717, 1.165) is 26.8 Å². The van der Waals surface area contributed by atoms with Gasteiger partial charge in [-0.2, -0.15) is 0 Å². The van der Waals surface area contributed by atoms with Gasteiger partial charge in [0, 0.05) is 64.6 Å². The summed E-state index contributed by atoms with van der Waals surface area (Å²) in [6.45, 7) is 2.39. The fraction of sp³-hybridized carbons (Fsp3) is 0.250. The van der Waals surface area contributed by atoms with E-state index < -0.39 is 36.1 Å². The Morgan fingerprint density at radius 3 is 2.31 bits per heavy atom. The number of aryl methyl sites for hydroxylation is 1. The zero-order chi connectivity index (χ0) is 30.3. The van der Waals surface area contributed by atoms with E-state index >= 15 is 0 Å². The van der Waals surface area contributed by atoms with Crippen molar-refractivity contribution in [2.45, 2.75) is 30.6 Å². The van der Waals surface area contributed by atoms with Crippen molar-refractivity contribution in [1.82, 2.24) is 14.5 Å². The average molecular weight is 646 g/mol. The lowest BCUT2D eigenvalue weighted by atomic mass is 10.1. The van der Waals surface area contributed by atoms with Gasteiger partial charge in [-0.1, -0.05) is 24.3 Å². The van der Waals surface area contributed by atoms with Crippen LogP contribution in [0.2, 0.25) is 0 Å². The molecule has 220 valence electrons. The largest absolute Gasteiger partial charge is 0.487 e. The molecule has 5 aromatic rings. The van der Waals surface area contributed by atoms with Crippen molar-refractivity contribution in [3.8, 4) is 16.3 Å². The van der Waals surface area contributed by atoms with Gasteiger partial charge in [-0.05, 0) is 36.8 Å². The number of hydrogen-bond donors (Lipinski definition) is 1. The highest BCUT2D eigenvalue weighted by molar-refractivity contribution is 8.10. The van der Waals surface area contributed by atoms with E-state index in [1.807, 2.05) is 41.9 Å². The van der Waals surface area contributed by atoms with Crippen LogP contribution in [0.25, 0.3) is 21.5 Å². The highest BCUT2D eigenvalue weighted by atomic mass is 32.3. The van der Waals surface area contributed by atoms with Crippen LogP contribution in [0.5, 0.6) is 5.75 Å². The molecule has 0 saturated carbocycles. The summed E-state index contributed by atoms with van der Waals surface area (Å²) >= 11 is 3.03. The summed E-state index contributed by atoms with van der Waals surface area (Å²) in [6, 6.07) is 14.5. The molecule has 42 heavy (non-hydrogen) atoms. The number of benzene rings is 2. The summed E-state index contributed by atoms with van der Waals surface area (Å²) < 4.78 is 56.0. The predicted molar refractivity (Wildman–Crippen MR) is 164 cm³/mol. The number of fused-ring (bicyclic) bond motifs is 1. The van der Waals surface area contributed by atoms with Crippen molar-refractivity contribution >= 4 is 59.2 Å². The number of aliphatic carboxylic acids is 1. The molecule has 3 aromatic heterocycles. The number of thiazole rings is 2. The summed E-state index contributed by atoms with van der Waals surface area (Å²) in [4.78, 5) is 21.1. The number of nitrogens with zero attached hydrogens (tertiary/aromatic N) is 3. The van der Waals surface area contributed by atoms with Gasteiger partial charge in [0.05, 0.1) is 10.7 Å². The number of aromatic nitrogens is 3. The molecule has 0 amide bonds. The molecule has 0 saturated heterocycles. The van der Waals surface area contributed by atoms with E-state index in [-0.39, 0.29) is 18.8 Å². The van der Waals surface area contributed by atoms with Gasteiger partial charge < -0.3 is 14.4 Å². The Balaban J connectivity index is 1.58. The Morgan fingerprint density at radius 2 is 1.74 bits per heavy atom. The highest BCUT2D eigenvalue weighted by Crippen LogP contribution is 2.34. The van der Waals surface area contributed by atoms with Gasteiger partial charge in [-0.25, -0.2) is 31.6 Å². The zero-order valence-corrected chi connectivity index (χ0v) is 26.1. The fourth-order valence-corrected chi connectivity index (χ4v) is 9.73. The average Bonchev–Trinajstić information content (AvgIpc) is 3.66. The first kappa shape index (κ1) is 29.9. The van der Waals surface area contributed by atoms with Crippen LogP contribution in [0.15, 0.2) is 65.5 Å². The number of rotatable bonds is 11. The topological polar surface area (TPSA) is 146 Å². The first-order valence-corrected chi connectivity index (χ1v) is 18.1. The fourth-order valence-electron chi connectivity index (χ4n) is 4.83. The quantitative estimate of drug-likeness (QED) is 0.218. The second-order valence-corrected chi connectivity index (χ2v) is 16.6. The number of carboxylic acids is 1. The van der Waals surface area contributed by atoms with Gasteiger partial charge >= 0.3 is 5.97 Å². The van der Waals surface area contributed by atoms with Gasteiger partial charge in [0.15, 0.2) is 19.7 Å². The Morgan fingerprint density at radius 1 is 1.02 bits per heavy atom. The molecule has 3 heterocycles. The van der Waals surface area contributed by atoms with Gasteiger partial charge in [-0.15, -0.1) is 22.7 Å². The van der Waals surface area contributed by atoms with E-state index in [1.165, 1.54) is 22.7 Å². The molecule has 14 heteroatoms. The summed E-state index contributed by atoms with van der Waals surface area (Å²) in [7, 11) is -9.24. The van der Waals surface area contributed by atoms with Crippen LogP contribution in [-0.2, 0) is 44.0 Å². The van der Waals surface area contributed by atoms with Gasteiger partial charge in [0.2, 0.25) is 0 Å². The van der Waals surface area contributed by atoms with Crippen molar-refractivity contribution in [3.05, 3.63) is 87.4 Å². The van der Waals surface area contributed by atoms with Crippen LogP contribution in [0.1, 0.15) is 22.0 Å². The van der Waals surface area contributed by atoms with Gasteiger partial charge in [-0.3, -0.25) is 0 Å². The highest BCUT2D eigenvalue weighted by Gasteiger charge is 2.58. The first-order valence-electron chi connectivity index (χ1n) is 12.6. The maximum atomic E-state index is 12.9. The van der Waals surface area contributed by atoms with Crippen LogP contribution in [0.4, 0.5) is 0 Å². The second kappa shape index (κ2) is 11.2. The lowest BCUT2D eigenvalue weighted by molar-refractivity contribution is -0.137. The third kappa shape index (κ3) is 5.71. The molecule has 0 spiro atoms. The Hall–Kier alpha value is -3.59. The van der Waals surface area contributed by atoms with E-state index in [9.17, 15) is 26.7 Å². The summed E-state index contributed by atoms with van der Waals surface area (Å²) in [5.41, 5.74) is 3.45. The Labute approximate surface area is 251 Å². The Kier molecular flexibility index (Phi) is 8.00. The van der Waals surface area contributed by atoms with Crippen molar-refractivity contribution in [1.29, 1.82) is 0 Å². The number of ether oxygens (including phenoxy) is 1. The van der Waals surface area contributed by atoms with Crippen LogP contribution in [0, 0.1) is 6.92 Å². The molecular weight excluding hydrogens is 619 g/mol. The van der Waals surface area contributed by atoms with E-state index in [2.05, 4.69) is 9.97 Å². The SMILES string of the molecule is Cc1nc(COc2ccc3c(c2)cc(CC(C(=O)O)(S(C)(=O)=O)S(C)(=O)=O)n3Cc2ccc(-c3nccs3)cc2)cs1. The number of carbonyl (C=O) groups is 1. The first-order chi connectivity index (χ1) is 19.8. The molecule has 0 bridgehead atoms. The molecule has 0 aliphatic carbocycles. The summed E-state index contributed by atoms with van der Waals surface area (Å²) in [5, 5.41) is 16.3. The van der Waals surface area contributed by atoms with Crippen molar-refractivity contribution < 1.29 is 31.5 Å². The van der Waals surface area contributed by atoms with Crippen LogP contribution >= 0.6 is 22.7 Å².